The molecule has 0 aliphatic heterocycles. The molecule has 0 unspecified atom stereocenters. The van der Waals surface area contributed by atoms with E-state index in [1.807, 2.05) is 48.1 Å². The van der Waals surface area contributed by atoms with Gasteiger partial charge in [0.25, 0.3) is 0 Å². The SMILES string of the molecule is Cn1cnc(=N)c(-c2ccccc2)c1. The Morgan fingerprint density at radius 2 is 1.93 bits per heavy atom. The Balaban J connectivity index is 2.63. The highest BCUT2D eigenvalue weighted by atomic mass is 15.0. The summed E-state index contributed by atoms with van der Waals surface area (Å²) in [4.78, 5) is 3.98. The van der Waals surface area contributed by atoms with Crippen molar-refractivity contribution in [2.24, 2.45) is 7.05 Å². The molecule has 2 rings (SSSR count). The molecule has 14 heavy (non-hydrogen) atoms. The fourth-order valence-corrected chi connectivity index (χ4v) is 1.35. The van der Waals surface area contributed by atoms with Gasteiger partial charge >= 0.3 is 0 Å². The Kier molecular flexibility index (Phi) is 2.14. The minimum absolute atomic E-state index is 0.314. The molecule has 2 aromatic rings. The molecule has 0 saturated heterocycles. The van der Waals surface area contributed by atoms with E-state index in [1.165, 1.54) is 0 Å². The number of aryl methyl sites for hydroxylation is 1. The minimum atomic E-state index is 0.314. The molecule has 0 aliphatic rings. The standard InChI is InChI=1S/C11H11N3/c1-14-7-10(11(12)13-8-14)9-5-3-2-4-6-9/h2-8,12H,1H3. The molecule has 3 heteroatoms. The molecule has 0 amide bonds. The molecular weight excluding hydrogens is 174 g/mol. The number of aromatic nitrogens is 2. The zero-order valence-electron chi connectivity index (χ0n) is 7.94. The summed E-state index contributed by atoms with van der Waals surface area (Å²) in [5.41, 5.74) is 2.20. The molecule has 0 fully saturated rings. The van der Waals surface area contributed by atoms with Gasteiger partial charge in [-0.05, 0) is 5.56 Å². The van der Waals surface area contributed by atoms with E-state index < -0.39 is 0 Å². The Labute approximate surface area is 82.2 Å². The molecule has 0 atom stereocenters. The van der Waals surface area contributed by atoms with Crippen molar-refractivity contribution in [2.45, 2.75) is 0 Å². The summed E-state index contributed by atoms with van der Waals surface area (Å²) in [6, 6.07) is 9.84. The molecule has 3 nitrogen and oxygen atoms in total. The van der Waals surface area contributed by atoms with Gasteiger partial charge in [-0.15, -0.1) is 0 Å². The number of nitrogens with one attached hydrogen (secondary N) is 1. The van der Waals surface area contributed by atoms with Gasteiger partial charge in [-0.2, -0.15) is 0 Å². The van der Waals surface area contributed by atoms with Crippen molar-refractivity contribution < 1.29 is 0 Å². The van der Waals surface area contributed by atoms with Gasteiger partial charge in [0, 0.05) is 18.8 Å². The van der Waals surface area contributed by atoms with Gasteiger partial charge in [0.15, 0.2) is 5.49 Å². The van der Waals surface area contributed by atoms with E-state index in [9.17, 15) is 0 Å². The van der Waals surface area contributed by atoms with Crippen molar-refractivity contribution in [3.8, 4) is 11.1 Å². The lowest BCUT2D eigenvalue weighted by Gasteiger charge is -2.03. The Morgan fingerprint density at radius 3 is 2.64 bits per heavy atom. The highest BCUT2D eigenvalue weighted by Crippen LogP contribution is 2.12. The normalized spacial score (nSPS) is 10.1. The number of nitrogens with zero attached hydrogens (tertiary/aromatic N) is 2. The summed E-state index contributed by atoms with van der Waals surface area (Å²) in [5, 5.41) is 7.68. The molecule has 0 saturated carbocycles. The van der Waals surface area contributed by atoms with Crippen LogP contribution in [0.1, 0.15) is 0 Å². The summed E-state index contributed by atoms with van der Waals surface area (Å²) in [7, 11) is 1.90. The molecular formula is C11H11N3. The topological polar surface area (TPSA) is 41.7 Å². The van der Waals surface area contributed by atoms with Gasteiger partial charge in [0.05, 0.1) is 6.33 Å². The van der Waals surface area contributed by atoms with Crippen LogP contribution in [-0.4, -0.2) is 9.55 Å². The summed E-state index contributed by atoms with van der Waals surface area (Å²) in [5.74, 6) is 0. The van der Waals surface area contributed by atoms with Crippen LogP contribution < -0.4 is 5.49 Å². The maximum Gasteiger partial charge on any atom is 0.155 e. The van der Waals surface area contributed by atoms with E-state index in [0.717, 1.165) is 11.1 Å². The minimum Gasteiger partial charge on any atom is -0.341 e. The van der Waals surface area contributed by atoms with Gasteiger partial charge in [-0.1, -0.05) is 30.3 Å². The highest BCUT2D eigenvalue weighted by Gasteiger charge is 1.99. The van der Waals surface area contributed by atoms with Crippen LogP contribution in [0.5, 0.6) is 0 Å². The molecule has 1 N–H and O–H groups in total. The monoisotopic (exact) mass is 185 g/mol. The maximum atomic E-state index is 7.68. The van der Waals surface area contributed by atoms with E-state index in [0.29, 0.717) is 5.49 Å². The van der Waals surface area contributed by atoms with Crippen LogP contribution >= 0.6 is 0 Å². The van der Waals surface area contributed by atoms with Crippen LogP contribution in [0.25, 0.3) is 11.1 Å². The fraction of sp³-hybridized carbons (Fsp3) is 0.0909. The molecule has 1 heterocycles. The van der Waals surface area contributed by atoms with E-state index in [1.54, 1.807) is 6.33 Å². The molecule has 1 aromatic carbocycles. The molecule has 1 aromatic heterocycles. The lowest BCUT2D eigenvalue weighted by molar-refractivity contribution is 0.843. The van der Waals surface area contributed by atoms with E-state index in [-0.39, 0.29) is 0 Å². The first kappa shape index (κ1) is 8.69. The number of benzene rings is 1. The molecule has 0 aliphatic carbocycles. The lowest BCUT2D eigenvalue weighted by Crippen LogP contribution is -2.11. The predicted octanol–water partition coefficient (Wildman–Crippen LogP) is 1.57. The first-order valence-corrected chi connectivity index (χ1v) is 4.39. The zero-order valence-corrected chi connectivity index (χ0v) is 7.94. The van der Waals surface area contributed by atoms with E-state index >= 15 is 0 Å². The van der Waals surface area contributed by atoms with Crippen LogP contribution in [0.2, 0.25) is 0 Å². The second-order valence-corrected chi connectivity index (χ2v) is 3.17. The number of hydrogen-bond donors (Lipinski definition) is 1. The van der Waals surface area contributed by atoms with Crippen molar-refractivity contribution in [1.29, 1.82) is 5.41 Å². The third kappa shape index (κ3) is 1.57. The van der Waals surface area contributed by atoms with Crippen LogP contribution in [0.15, 0.2) is 42.9 Å². The number of rotatable bonds is 1. The van der Waals surface area contributed by atoms with Gasteiger partial charge in [-0.25, -0.2) is 4.98 Å². The van der Waals surface area contributed by atoms with Gasteiger partial charge in [0.1, 0.15) is 0 Å². The smallest absolute Gasteiger partial charge is 0.155 e. The summed E-state index contributed by atoms with van der Waals surface area (Å²) in [6.45, 7) is 0. The molecule has 70 valence electrons. The number of hydrogen-bond acceptors (Lipinski definition) is 2. The Morgan fingerprint density at radius 1 is 1.21 bits per heavy atom. The summed E-state index contributed by atoms with van der Waals surface area (Å²) < 4.78 is 1.85. The first-order valence-electron chi connectivity index (χ1n) is 4.39. The molecule has 0 spiro atoms. The second-order valence-electron chi connectivity index (χ2n) is 3.17. The average molecular weight is 185 g/mol. The maximum absolute atomic E-state index is 7.68. The Hall–Kier alpha value is -1.90. The van der Waals surface area contributed by atoms with Crippen LogP contribution in [0, 0.1) is 5.41 Å². The predicted molar refractivity (Wildman–Crippen MR) is 54.5 cm³/mol. The Bertz CT molecular complexity index is 485. The first-order chi connectivity index (χ1) is 6.77. The van der Waals surface area contributed by atoms with Crippen molar-refractivity contribution in [2.75, 3.05) is 0 Å². The van der Waals surface area contributed by atoms with Crippen molar-refractivity contribution in [3.63, 3.8) is 0 Å². The van der Waals surface area contributed by atoms with Crippen molar-refractivity contribution in [1.82, 2.24) is 9.55 Å². The van der Waals surface area contributed by atoms with Crippen molar-refractivity contribution >= 4 is 0 Å². The quantitative estimate of drug-likeness (QED) is 0.719. The average Bonchev–Trinajstić information content (AvgIpc) is 2.23. The van der Waals surface area contributed by atoms with Crippen molar-refractivity contribution in [3.05, 3.63) is 48.3 Å². The zero-order chi connectivity index (χ0) is 9.97. The third-order valence-corrected chi connectivity index (χ3v) is 2.04. The summed E-state index contributed by atoms with van der Waals surface area (Å²) >= 11 is 0. The van der Waals surface area contributed by atoms with Gasteiger partial charge in [0.2, 0.25) is 0 Å². The summed E-state index contributed by atoms with van der Waals surface area (Å²) in [6.07, 6.45) is 3.54. The van der Waals surface area contributed by atoms with E-state index in [4.69, 9.17) is 5.41 Å². The van der Waals surface area contributed by atoms with Gasteiger partial charge < -0.3 is 4.57 Å². The van der Waals surface area contributed by atoms with Crippen LogP contribution in [0.3, 0.4) is 0 Å². The van der Waals surface area contributed by atoms with Gasteiger partial charge in [-0.3, -0.25) is 5.41 Å². The second kappa shape index (κ2) is 3.46. The van der Waals surface area contributed by atoms with Crippen LogP contribution in [0.4, 0.5) is 0 Å². The van der Waals surface area contributed by atoms with E-state index in [2.05, 4.69) is 4.98 Å². The highest BCUT2D eigenvalue weighted by molar-refractivity contribution is 5.60. The van der Waals surface area contributed by atoms with Crippen LogP contribution in [-0.2, 0) is 7.05 Å². The fourth-order valence-electron chi connectivity index (χ4n) is 1.35. The largest absolute Gasteiger partial charge is 0.341 e. The molecule has 0 bridgehead atoms. The lowest BCUT2D eigenvalue weighted by atomic mass is 10.1. The molecule has 0 radical (unpaired) electrons. The third-order valence-electron chi connectivity index (χ3n) is 2.04.